The molecule has 0 saturated carbocycles. The van der Waals surface area contributed by atoms with Crippen LogP contribution in [0.1, 0.15) is 13.3 Å². The Morgan fingerprint density at radius 2 is 2.12 bits per heavy atom. The van der Waals surface area contributed by atoms with Crippen molar-refractivity contribution >= 4 is 29.8 Å². The first-order valence-corrected chi connectivity index (χ1v) is 9.16. The molecule has 0 unspecified atom stereocenters. The quantitative estimate of drug-likeness (QED) is 0.617. The van der Waals surface area contributed by atoms with Crippen LogP contribution in [0.2, 0.25) is 5.02 Å². The molecule has 1 aliphatic heterocycles. The highest BCUT2D eigenvalue weighted by atomic mass is 35.5. The zero-order valence-electron chi connectivity index (χ0n) is 14.6. The summed E-state index contributed by atoms with van der Waals surface area (Å²) in [5, 5.41) is 15.2. The topological polar surface area (TPSA) is 72.5 Å². The van der Waals surface area contributed by atoms with Crippen molar-refractivity contribution in [1.82, 2.24) is 19.2 Å². The van der Waals surface area contributed by atoms with Gasteiger partial charge in [0.25, 0.3) is 0 Å². The maximum Gasteiger partial charge on any atom is 0.323 e. The Hall–Kier alpha value is -1.74. The number of aliphatic hydroxyl groups is 1. The third kappa shape index (κ3) is 3.68. The normalized spacial score (nSPS) is 20.5. The predicted molar refractivity (Wildman–Crippen MR) is 100 cm³/mol. The second-order valence-electron chi connectivity index (χ2n) is 6.20. The zero-order valence-corrected chi connectivity index (χ0v) is 16.2. The minimum Gasteiger partial charge on any atom is -0.468 e. The molecule has 2 aromatic rings. The summed E-state index contributed by atoms with van der Waals surface area (Å²) in [6.07, 6.45) is -0.226. The first-order valence-electron chi connectivity index (χ1n) is 8.38. The van der Waals surface area contributed by atoms with Crippen molar-refractivity contribution in [2.45, 2.75) is 38.7 Å². The molecule has 2 atom stereocenters. The number of likely N-dealkylation sites (tertiary alicyclic amines) is 1. The molecule has 140 valence electrons. The van der Waals surface area contributed by atoms with E-state index < -0.39 is 12.1 Å². The fourth-order valence-electron chi connectivity index (χ4n) is 3.22. The van der Waals surface area contributed by atoms with E-state index in [1.54, 1.807) is 4.68 Å². The fraction of sp³-hybridized carbons (Fsp3) is 0.471. The predicted octanol–water partition coefficient (Wildman–Crippen LogP) is 2.32. The molecule has 0 bridgehead atoms. The molecular weight excluding hydrogens is 376 g/mol. The van der Waals surface area contributed by atoms with Gasteiger partial charge in [-0.15, -0.1) is 0 Å². The number of rotatable bonds is 5. The van der Waals surface area contributed by atoms with E-state index in [9.17, 15) is 9.90 Å². The van der Waals surface area contributed by atoms with Crippen molar-refractivity contribution in [3.63, 3.8) is 0 Å². The average molecular weight is 397 g/mol. The van der Waals surface area contributed by atoms with Crippen LogP contribution in [0, 0.1) is 4.77 Å². The highest BCUT2D eigenvalue weighted by molar-refractivity contribution is 7.71. The number of aliphatic hydroxyl groups excluding tert-OH is 1. The summed E-state index contributed by atoms with van der Waals surface area (Å²) in [6, 6.07) is 6.91. The van der Waals surface area contributed by atoms with Gasteiger partial charge in [-0.3, -0.25) is 9.69 Å². The summed E-state index contributed by atoms with van der Waals surface area (Å²) < 4.78 is 9.01. The van der Waals surface area contributed by atoms with Gasteiger partial charge in [0.05, 0.1) is 19.9 Å². The van der Waals surface area contributed by atoms with Crippen LogP contribution in [0.4, 0.5) is 0 Å². The Balaban J connectivity index is 1.92. The molecule has 7 nitrogen and oxygen atoms in total. The van der Waals surface area contributed by atoms with Gasteiger partial charge in [-0.2, -0.15) is 5.10 Å². The van der Waals surface area contributed by atoms with Crippen LogP contribution in [0.3, 0.4) is 0 Å². The Morgan fingerprint density at radius 1 is 1.42 bits per heavy atom. The van der Waals surface area contributed by atoms with Gasteiger partial charge in [-0.25, -0.2) is 4.68 Å². The van der Waals surface area contributed by atoms with Crippen molar-refractivity contribution in [2.24, 2.45) is 0 Å². The molecule has 2 heterocycles. The molecule has 1 saturated heterocycles. The molecule has 1 aromatic carbocycles. The summed E-state index contributed by atoms with van der Waals surface area (Å²) in [5.41, 5.74) is 0.909. The van der Waals surface area contributed by atoms with Gasteiger partial charge in [-0.1, -0.05) is 11.6 Å². The Kier molecular flexibility index (Phi) is 5.76. The lowest BCUT2D eigenvalue weighted by molar-refractivity contribution is -0.146. The molecule has 0 aliphatic carbocycles. The van der Waals surface area contributed by atoms with Crippen molar-refractivity contribution in [3.05, 3.63) is 34.1 Å². The maximum absolute atomic E-state index is 12.0. The Bertz CT molecular complexity index is 849. The summed E-state index contributed by atoms with van der Waals surface area (Å²) in [4.78, 5) is 13.8. The van der Waals surface area contributed by atoms with Gasteiger partial charge < -0.3 is 14.4 Å². The van der Waals surface area contributed by atoms with E-state index in [1.165, 1.54) is 7.11 Å². The average Bonchev–Trinajstić information content (AvgIpc) is 3.15. The number of esters is 1. The van der Waals surface area contributed by atoms with Gasteiger partial charge in [0, 0.05) is 30.1 Å². The van der Waals surface area contributed by atoms with E-state index >= 15 is 0 Å². The molecule has 1 aromatic heterocycles. The van der Waals surface area contributed by atoms with Crippen LogP contribution >= 0.6 is 23.8 Å². The first-order chi connectivity index (χ1) is 12.4. The molecule has 1 aliphatic rings. The molecule has 3 rings (SSSR count). The fourth-order valence-corrected chi connectivity index (χ4v) is 3.66. The minimum atomic E-state index is -0.572. The number of benzene rings is 1. The second kappa shape index (κ2) is 7.87. The van der Waals surface area contributed by atoms with E-state index in [2.05, 4.69) is 5.10 Å². The molecular formula is C17H21ClN4O3S. The second-order valence-corrected chi connectivity index (χ2v) is 7.00. The third-order valence-corrected chi connectivity index (χ3v) is 5.19. The van der Waals surface area contributed by atoms with Gasteiger partial charge in [0.1, 0.15) is 6.04 Å². The number of ether oxygens (including phenoxy) is 1. The van der Waals surface area contributed by atoms with E-state index in [-0.39, 0.29) is 5.97 Å². The molecule has 1 fully saturated rings. The van der Waals surface area contributed by atoms with Crippen molar-refractivity contribution in [2.75, 3.05) is 13.7 Å². The summed E-state index contributed by atoms with van der Waals surface area (Å²) in [5.74, 6) is 0.379. The standard InChI is InChI=1S/C17H21ClN4O3S/c1-3-21-15(11-4-6-12(18)7-5-11)19-22(17(21)26)10-20-9-13(23)8-14(20)16(24)25-2/h4-7,13-14,23H,3,8-10H2,1-2H3/t13-,14+/m1/s1. The smallest absolute Gasteiger partial charge is 0.323 e. The number of hydrogen-bond donors (Lipinski definition) is 1. The van der Waals surface area contributed by atoms with Crippen LogP contribution in [0.15, 0.2) is 24.3 Å². The Labute approximate surface area is 161 Å². The van der Waals surface area contributed by atoms with Gasteiger partial charge in [0.2, 0.25) is 0 Å². The number of halogens is 1. The number of β-amino-alcohol motifs (C(OH)–C–C–N with tert-alkyl or cyclic N) is 1. The lowest BCUT2D eigenvalue weighted by atomic mass is 10.2. The van der Waals surface area contributed by atoms with E-state index in [0.29, 0.717) is 36.0 Å². The number of carbonyl (C=O) groups is 1. The summed E-state index contributed by atoms with van der Waals surface area (Å²) in [7, 11) is 1.35. The van der Waals surface area contributed by atoms with E-state index in [0.717, 1.165) is 11.4 Å². The van der Waals surface area contributed by atoms with Gasteiger partial charge >= 0.3 is 5.97 Å². The van der Waals surface area contributed by atoms with Crippen molar-refractivity contribution < 1.29 is 14.6 Å². The number of aromatic nitrogens is 3. The third-order valence-electron chi connectivity index (χ3n) is 4.51. The van der Waals surface area contributed by atoms with Crippen LogP contribution in [0.5, 0.6) is 0 Å². The molecule has 0 spiro atoms. The van der Waals surface area contributed by atoms with Gasteiger partial charge in [0.15, 0.2) is 10.6 Å². The number of methoxy groups -OCH3 is 1. The number of carbonyl (C=O) groups excluding carboxylic acids is 1. The SMILES string of the molecule is CCn1c(-c2ccc(Cl)cc2)nn(CN2C[C@H](O)C[C@H]2C(=O)OC)c1=S. The van der Waals surface area contributed by atoms with Crippen LogP contribution in [0.25, 0.3) is 11.4 Å². The first kappa shape index (κ1) is 19.0. The summed E-state index contributed by atoms with van der Waals surface area (Å²) >= 11 is 11.5. The van der Waals surface area contributed by atoms with Crippen molar-refractivity contribution in [3.8, 4) is 11.4 Å². The molecule has 26 heavy (non-hydrogen) atoms. The van der Waals surface area contributed by atoms with Crippen LogP contribution < -0.4 is 0 Å². The largest absolute Gasteiger partial charge is 0.468 e. The van der Waals surface area contributed by atoms with E-state index in [4.69, 9.17) is 28.6 Å². The number of hydrogen-bond acceptors (Lipinski definition) is 6. The molecule has 0 radical (unpaired) electrons. The number of nitrogens with zero attached hydrogens (tertiary/aromatic N) is 4. The zero-order chi connectivity index (χ0) is 18.8. The van der Waals surface area contributed by atoms with Crippen LogP contribution in [-0.2, 0) is 22.7 Å². The highest BCUT2D eigenvalue weighted by Gasteiger charge is 2.37. The Morgan fingerprint density at radius 3 is 2.73 bits per heavy atom. The molecule has 9 heteroatoms. The maximum atomic E-state index is 12.0. The highest BCUT2D eigenvalue weighted by Crippen LogP contribution is 2.23. The monoisotopic (exact) mass is 396 g/mol. The van der Waals surface area contributed by atoms with Crippen molar-refractivity contribution in [1.29, 1.82) is 0 Å². The lowest BCUT2D eigenvalue weighted by Crippen LogP contribution is -2.38. The summed E-state index contributed by atoms with van der Waals surface area (Å²) in [6.45, 7) is 3.35. The molecule has 0 amide bonds. The molecule has 1 N–H and O–H groups in total. The van der Waals surface area contributed by atoms with E-state index in [1.807, 2.05) is 40.7 Å². The van der Waals surface area contributed by atoms with Gasteiger partial charge in [-0.05, 0) is 43.4 Å². The minimum absolute atomic E-state index is 0.309. The lowest BCUT2D eigenvalue weighted by Gasteiger charge is -2.21. The van der Waals surface area contributed by atoms with Crippen LogP contribution in [-0.4, -0.2) is 56.1 Å².